The molecule has 1 N–H and O–H groups in total. The maximum absolute atomic E-state index is 13.2. The van der Waals surface area contributed by atoms with Crippen molar-refractivity contribution in [2.45, 2.75) is 32.4 Å². The van der Waals surface area contributed by atoms with Crippen LogP contribution >= 0.6 is 0 Å². The smallest absolute Gasteiger partial charge is 0.231 e. The van der Waals surface area contributed by atoms with E-state index in [4.69, 9.17) is 4.74 Å². The van der Waals surface area contributed by atoms with Gasteiger partial charge in [0.2, 0.25) is 5.91 Å². The van der Waals surface area contributed by atoms with Crippen LogP contribution in [0.15, 0.2) is 103 Å². The van der Waals surface area contributed by atoms with Crippen LogP contribution in [-0.4, -0.2) is 11.7 Å². The lowest BCUT2D eigenvalue weighted by Gasteiger charge is -2.25. The summed E-state index contributed by atoms with van der Waals surface area (Å²) in [7, 11) is 0. The molecule has 0 radical (unpaired) electrons. The Bertz CT molecular complexity index is 1360. The van der Waals surface area contributed by atoms with Gasteiger partial charge in [0, 0.05) is 5.56 Å². The molecule has 1 aliphatic rings. The molecule has 0 aliphatic heterocycles. The van der Waals surface area contributed by atoms with Gasteiger partial charge in [0.1, 0.15) is 18.3 Å². The number of hydrogen-bond donors (Lipinski definition) is 1. The fourth-order valence-corrected chi connectivity index (χ4v) is 4.82. The average molecular weight is 476 g/mol. The standard InChI is InChI=1S/C32H29NO3/c1-22(23-10-4-2-5-11-23)33-32(35)30-18-16-25-20-27(17-19-29(25)31(30)34)36-21-26-14-8-9-15-28(26)24-12-6-3-7-13-24/h2-15,17,19-20,22,30H,16,18,21H2,1H3,(H,33,35)/t22-,30?/m1/s1. The van der Waals surface area contributed by atoms with Crippen molar-refractivity contribution in [3.05, 3.63) is 125 Å². The Morgan fingerprint density at radius 2 is 1.58 bits per heavy atom. The molecule has 180 valence electrons. The molecular formula is C32H29NO3. The Kier molecular flexibility index (Phi) is 6.94. The third kappa shape index (κ3) is 5.08. The molecule has 5 rings (SSSR count). The van der Waals surface area contributed by atoms with Crippen molar-refractivity contribution in [2.24, 2.45) is 5.92 Å². The van der Waals surface area contributed by atoms with Crippen molar-refractivity contribution >= 4 is 11.7 Å². The highest BCUT2D eigenvalue weighted by Gasteiger charge is 2.33. The molecule has 0 spiro atoms. The first kappa shape index (κ1) is 23.6. The summed E-state index contributed by atoms with van der Waals surface area (Å²) >= 11 is 0. The molecule has 1 amide bonds. The zero-order valence-electron chi connectivity index (χ0n) is 20.3. The molecule has 0 aromatic heterocycles. The van der Waals surface area contributed by atoms with E-state index < -0.39 is 5.92 Å². The highest BCUT2D eigenvalue weighted by Crippen LogP contribution is 2.31. The molecule has 0 saturated heterocycles. The van der Waals surface area contributed by atoms with E-state index in [0.29, 0.717) is 25.0 Å². The van der Waals surface area contributed by atoms with E-state index in [1.165, 1.54) is 0 Å². The Morgan fingerprint density at radius 1 is 0.889 bits per heavy atom. The zero-order chi connectivity index (χ0) is 24.9. The van der Waals surface area contributed by atoms with Crippen LogP contribution in [0.1, 0.15) is 46.4 Å². The summed E-state index contributed by atoms with van der Waals surface area (Å²) in [5.41, 5.74) is 5.97. The molecule has 2 atom stereocenters. The van der Waals surface area contributed by atoms with Crippen molar-refractivity contribution in [1.82, 2.24) is 5.32 Å². The molecule has 4 aromatic rings. The summed E-state index contributed by atoms with van der Waals surface area (Å²) in [6.07, 6.45) is 1.16. The number of rotatable bonds is 7. The van der Waals surface area contributed by atoms with Gasteiger partial charge in [-0.2, -0.15) is 0 Å². The topological polar surface area (TPSA) is 55.4 Å². The second-order valence-corrected chi connectivity index (χ2v) is 9.23. The largest absolute Gasteiger partial charge is 0.489 e. The number of hydrogen-bond acceptors (Lipinski definition) is 3. The van der Waals surface area contributed by atoms with E-state index in [0.717, 1.165) is 33.6 Å². The number of ketones is 1. The van der Waals surface area contributed by atoms with Crippen LogP contribution in [0.3, 0.4) is 0 Å². The first-order valence-electron chi connectivity index (χ1n) is 12.4. The predicted molar refractivity (Wildman–Crippen MR) is 142 cm³/mol. The van der Waals surface area contributed by atoms with Gasteiger partial charge in [-0.25, -0.2) is 0 Å². The predicted octanol–water partition coefficient (Wildman–Crippen LogP) is 6.56. The maximum Gasteiger partial charge on any atom is 0.231 e. The SMILES string of the molecule is C[C@@H](NC(=O)C1CCc2cc(OCc3ccccc3-c3ccccc3)ccc2C1=O)c1ccccc1. The maximum atomic E-state index is 13.2. The number of amides is 1. The minimum atomic E-state index is -0.659. The molecule has 4 aromatic carbocycles. The van der Waals surface area contributed by atoms with Crippen LogP contribution in [0.25, 0.3) is 11.1 Å². The molecule has 0 saturated carbocycles. The van der Waals surface area contributed by atoms with Gasteiger partial charge in [-0.1, -0.05) is 84.9 Å². The van der Waals surface area contributed by atoms with Crippen molar-refractivity contribution in [3.63, 3.8) is 0 Å². The Morgan fingerprint density at radius 3 is 2.36 bits per heavy atom. The summed E-state index contributed by atoms with van der Waals surface area (Å²) in [6, 6.07) is 33.7. The van der Waals surface area contributed by atoms with Gasteiger partial charge in [-0.05, 0) is 65.8 Å². The van der Waals surface area contributed by atoms with Gasteiger partial charge in [0.05, 0.1) is 6.04 Å². The quantitative estimate of drug-likeness (QED) is 0.308. The molecule has 0 fully saturated rings. The number of benzene rings is 4. The number of ether oxygens (including phenoxy) is 1. The fraction of sp³-hybridized carbons (Fsp3) is 0.188. The third-order valence-corrected chi connectivity index (χ3v) is 6.83. The molecule has 1 unspecified atom stereocenters. The van der Waals surface area contributed by atoms with Crippen molar-refractivity contribution in [2.75, 3.05) is 0 Å². The second-order valence-electron chi connectivity index (χ2n) is 9.23. The van der Waals surface area contributed by atoms with Crippen LogP contribution in [0.2, 0.25) is 0 Å². The number of Topliss-reactive ketones (excluding diaryl/α,β-unsaturated/α-hetero) is 1. The summed E-state index contributed by atoms with van der Waals surface area (Å²) in [5.74, 6) is -0.256. The lowest BCUT2D eigenvalue weighted by atomic mass is 9.82. The lowest BCUT2D eigenvalue weighted by Crippen LogP contribution is -2.39. The minimum absolute atomic E-state index is 0.116. The van der Waals surface area contributed by atoms with Gasteiger partial charge >= 0.3 is 0 Å². The molecule has 4 nitrogen and oxygen atoms in total. The van der Waals surface area contributed by atoms with E-state index in [2.05, 4.69) is 29.6 Å². The van der Waals surface area contributed by atoms with E-state index in [1.807, 2.05) is 79.7 Å². The van der Waals surface area contributed by atoms with Crippen LogP contribution in [0.4, 0.5) is 0 Å². The first-order valence-corrected chi connectivity index (χ1v) is 12.4. The number of aryl methyl sites for hydroxylation is 1. The molecule has 4 heteroatoms. The Labute approximate surface area is 212 Å². The van der Waals surface area contributed by atoms with Crippen molar-refractivity contribution in [1.29, 1.82) is 0 Å². The van der Waals surface area contributed by atoms with Gasteiger partial charge in [0.25, 0.3) is 0 Å². The number of nitrogens with one attached hydrogen (secondary N) is 1. The van der Waals surface area contributed by atoms with Gasteiger partial charge < -0.3 is 10.1 Å². The fourth-order valence-electron chi connectivity index (χ4n) is 4.82. The van der Waals surface area contributed by atoms with Crippen molar-refractivity contribution < 1.29 is 14.3 Å². The van der Waals surface area contributed by atoms with Crippen LogP contribution in [-0.2, 0) is 17.8 Å². The molecular weight excluding hydrogens is 446 g/mol. The van der Waals surface area contributed by atoms with E-state index >= 15 is 0 Å². The number of carbonyl (C=O) groups is 2. The van der Waals surface area contributed by atoms with E-state index in [9.17, 15) is 9.59 Å². The van der Waals surface area contributed by atoms with E-state index in [1.54, 1.807) is 6.07 Å². The Hall–Kier alpha value is -4.18. The average Bonchev–Trinajstić information content (AvgIpc) is 2.93. The molecule has 0 heterocycles. The minimum Gasteiger partial charge on any atom is -0.489 e. The van der Waals surface area contributed by atoms with E-state index in [-0.39, 0.29) is 17.7 Å². The number of carbonyl (C=O) groups excluding carboxylic acids is 2. The summed E-state index contributed by atoms with van der Waals surface area (Å²) in [4.78, 5) is 26.1. The zero-order valence-corrected chi connectivity index (χ0v) is 20.3. The summed E-state index contributed by atoms with van der Waals surface area (Å²) in [5, 5.41) is 3.01. The van der Waals surface area contributed by atoms with Gasteiger partial charge in [-0.3, -0.25) is 9.59 Å². The normalized spacial score (nSPS) is 15.6. The number of fused-ring (bicyclic) bond motifs is 1. The third-order valence-electron chi connectivity index (χ3n) is 6.83. The van der Waals surface area contributed by atoms with Crippen LogP contribution in [0, 0.1) is 5.92 Å². The summed E-state index contributed by atoms with van der Waals surface area (Å²) in [6.45, 7) is 2.37. The Balaban J connectivity index is 1.26. The van der Waals surface area contributed by atoms with Crippen LogP contribution in [0.5, 0.6) is 5.75 Å². The van der Waals surface area contributed by atoms with Gasteiger partial charge in [-0.15, -0.1) is 0 Å². The van der Waals surface area contributed by atoms with Crippen molar-refractivity contribution in [3.8, 4) is 16.9 Å². The monoisotopic (exact) mass is 475 g/mol. The molecule has 1 aliphatic carbocycles. The second kappa shape index (κ2) is 10.6. The molecule has 36 heavy (non-hydrogen) atoms. The highest BCUT2D eigenvalue weighted by atomic mass is 16.5. The molecule has 0 bridgehead atoms. The first-order chi connectivity index (χ1) is 17.6. The van der Waals surface area contributed by atoms with Crippen LogP contribution < -0.4 is 10.1 Å². The summed E-state index contributed by atoms with van der Waals surface area (Å²) < 4.78 is 6.14. The lowest BCUT2D eigenvalue weighted by molar-refractivity contribution is -0.124. The van der Waals surface area contributed by atoms with Gasteiger partial charge in [0.15, 0.2) is 5.78 Å². The highest BCUT2D eigenvalue weighted by molar-refractivity contribution is 6.11.